The molecule has 0 saturated heterocycles. The van der Waals surface area contributed by atoms with E-state index in [1.165, 1.54) is 0 Å². The zero-order valence-electron chi connectivity index (χ0n) is 13.2. The Balaban J connectivity index is 1.91. The van der Waals surface area contributed by atoms with Crippen molar-refractivity contribution in [1.82, 2.24) is 5.32 Å². The molecule has 0 aliphatic heterocycles. The second-order valence-electron chi connectivity index (χ2n) is 6.08. The molecule has 0 aromatic heterocycles. The quantitative estimate of drug-likeness (QED) is 0.757. The topological polar surface area (TPSA) is 75.6 Å². The molecule has 0 bridgehead atoms. The van der Waals surface area contributed by atoms with E-state index in [1.807, 2.05) is 18.2 Å². The number of halogens is 1. The van der Waals surface area contributed by atoms with Gasteiger partial charge in [0.15, 0.2) is 0 Å². The van der Waals surface area contributed by atoms with Gasteiger partial charge in [-0.2, -0.15) is 0 Å². The van der Waals surface area contributed by atoms with Crippen molar-refractivity contribution >= 4 is 27.8 Å². The molecule has 5 nitrogen and oxygen atoms in total. The van der Waals surface area contributed by atoms with Gasteiger partial charge in [-0.15, -0.1) is 0 Å². The Morgan fingerprint density at radius 2 is 2.04 bits per heavy atom. The number of aliphatic carboxylic acids is 1. The van der Waals surface area contributed by atoms with E-state index in [0.29, 0.717) is 12.8 Å². The number of aryl methyl sites for hydroxylation is 1. The lowest BCUT2D eigenvalue weighted by molar-refractivity contribution is -0.139. The molecule has 0 heterocycles. The van der Waals surface area contributed by atoms with E-state index < -0.39 is 11.5 Å². The Hall–Kier alpha value is -1.56. The molecule has 1 aromatic carbocycles. The van der Waals surface area contributed by atoms with Gasteiger partial charge in [0.1, 0.15) is 5.75 Å². The van der Waals surface area contributed by atoms with Crippen molar-refractivity contribution in [2.45, 2.75) is 50.5 Å². The number of carboxylic acid groups (broad SMARTS) is 1. The summed E-state index contributed by atoms with van der Waals surface area (Å²) in [6.45, 7) is 0. The van der Waals surface area contributed by atoms with Crippen LogP contribution >= 0.6 is 15.9 Å². The first-order valence-corrected chi connectivity index (χ1v) is 8.59. The summed E-state index contributed by atoms with van der Waals surface area (Å²) >= 11 is 3.43. The first-order valence-electron chi connectivity index (χ1n) is 7.79. The van der Waals surface area contributed by atoms with Crippen molar-refractivity contribution in [2.75, 3.05) is 7.11 Å². The van der Waals surface area contributed by atoms with Crippen LogP contribution in [-0.2, 0) is 16.0 Å². The van der Waals surface area contributed by atoms with E-state index in [4.69, 9.17) is 9.84 Å². The highest BCUT2D eigenvalue weighted by Crippen LogP contribution is 2.33. The number of ether oxygens (including phenoxy) is 1. The maximum Gasteiger partial charge on any atom is 0.305 e. The summed E-state index contributed by atoms with van der Waals surface area (Å²) in [6, 6.07) is 5.73. The molecule has 2 rings (SSSR count). The van der Waals surface area contributed by atoms with Gasteiger partial charge < -0.3 is 15.2 Å². The van der Waals surface area contributed by atoms with Crippen LogP contribution in [0.25, 0.3) is 0 Å². The van der Waals surface area contributed by atoms with Crippen molar-refractivity contribution in [3.05, 3.63) is 28.2 Å². The average Bonchev–Trinajstić information content (AvgIpc) is 2.92. The van der Waals surface area contributed by atoms with E-state index in [9.17, 15) is 9.59 Å². The zero-order valence-corrected chi connectivity index (χ0v) is 14.8. The normalized spacial score (nSPS) is 16.1. The van der Waals surface area contributed by atoms with Gasteiger partial charge in [0, 0.05) is 6.42 Å². The van der Waals surface area contributed by atoms with Crippen LogP contribution in [-0.4, -0.2) is 29.6 Å². The highest BCUT2D eigenvalue weighted by atomic mass is 79.9. The number of methoxy groups -OCH3 is 1. The number of carbonyl (C=O) groups is 2. The third kappa shape index (κ3) is 4.96. The summed E-state index contributed by atoms with van der Waals surface area (Å²) in [6.07, 6.45) is 4.40. The summed E-state index contributed by atoms with van der Waals surface area (Å²) in [5, 5.41) is 12.0. The van der Waals surface area contributed by atoms with Crippen LogP contribution in [0.4, 0.5) is 0 Å². The van der Waals surface area contributed by atoms with Crippen molar-refractivity contribution in [3.8, 4) is 5.75 Å². The molecular weight excluding hydrogens is 362 g/mol. The number of amides is 1. The van der Waals surface area contributed by atoms with Crippen molar-refractivity contribution in [2.24, 2.45) is 0 Å². The molecule has 1 aromatic rings. The molecule has 0 atom stereocenters. The molecule has 1 amide bonds. The Kier molecular flexibility index (Phi) is 6.04. The largest absolute Gasteiger partial charge is 0.496 e. The van der Waals surface area contributed by atoms with E-state index in [1.54, 1.807) is 7.11 Å². The number of benzene rings is 1. The van der Waals surface area contributed by atoms with E-state index >= 15 is 0 Å². The Bertz CT molecular complexity index is 582. The molecule has 1 saturated carbocycles. The lowest BCUT2D eigenvalue weighted by Crippen LogP contribution is -2.47. The molecule has 6 heteroatoms. The summed E-state index contributed by atoms with van der Waals surface area (Å²) in [7, 11) is 1.61. The summed E-state index contributed by atoms with van der Waals surface area (Å²) in [4.78, 5) is 23.3. The highest BCUT2D eigenvalue weighted by molar-refractivity contribution is 9.10. The van der Waals surface area contributed by atoms with Crippen LogP contribution in [0.2, 0.25) is 0 Å². The number of rotatable bonds is 7. The SMILES string of the molecule is COc1ccc(CCC(=O)NC2(CC(=O)O)CCCC2)cc1Br. The highest BCUT2D eigenvalue weighted by Gasteiger charge is 2.37. The molecule has 0 spiro atoms. The van der Waals surface area contributed by atoms with Crippen molar-refractivity contribution < 1.29 is 19.4 Å². The van der Waals surface area contributed by atoms with Gasteiger partial charge >= 0.3 is 5.97 Å². The number of carboxylic acids is 1. The molecule has 23 heavy (non-hydrogen) atoms. The monoisotopic (exact) mass is 383 g/mol. The lowest BCUT2D eigenvalue weighted by atomic mass is 9.93. The fourth-order valence-corrected chi connectivity index (χ4v) is 3.76. The predicted molar refractivity (Wildman–Crippen MR) is 90.6 cm³/mol. The number of carbonyl (C=O) groups excluding carboxylic acids is 1. The van der Waals surface area contributed by atoms with E-state index in [-0.39, 0.29) is 12.3 Å². The van der Waals surface area contributed by atoms with Gasteiger partial charge in [0.2, 0.25) is 5.91 Å². The number of nitrogens with one attached hydrogen (secondary N) is 1. The first kappa shape index (κ1) is 17.8. The van der Waals surface area contributed by atoms with Crippen LogP contribution in [0.1, 0.15) is 44.1 Å². The fraction of sp³-hybridized carbons (Fsp3) is 0.529. The van der Waals surface area contributed by atoms with E-state index in [0.717, 1.165) is 41.5 Å². The molecule has 1 aliphatic carbocycles. The minimum Gasteiger partial charge on any atom is -0.496 e. The van der Waals surface area contributed by atoms with Crippen LogP contribution in [0.5, 0.6) is 5.75 Å². The minimum absolute atomic E-state index is 0.00677. The maximum absolute atomic E-state index is 12.2. The van der Waals surface area contributed by atoms with Crippen LogP contribution in [0, 0.1) is 0 Å². The summed E-state index contributed by atoms with van der Waals surface area (Å²) in [5.41, 5.74) is 0.482. The van der Waals surface area contributed by atoms with Gasteiger partial charge in [-0.05, 0) is 52.9 Å². The second kappa shape index (κ2) is 7.81. The van der Waals surface area contributed by atoms with E-state index in [2.05, 4.69) is 21.2 Å². The number of hydrogen-bond acceptors (Lipinski definition) is 3. The molecular formula is C17H22BrNO4. The maximum atomic E-state index is 12.2. The first-order chi connectivity index (χ1) is 10.9. The Morgan fingerprint density at radius 1 is 1.35 bits per heavy atom. The van der Waals surface area contributed by atoms with Crippen molar-refractivity contribution in [1.29, 1.82) is 0 Å². The van der Waals surface area contributed by atoms with Gasteiger partial charge in [-0.25, -0.2) is 0 Å². The lowest BCUT2D eigenvalue weighted by Gasteiger charge is -2.28. The molecule has 1 fully saturated rings. The smallest absolute Gasteiger partial charge is 0.305 e. The van der Waals surface area contributed by atoms with Gasteiger partial charge in [-0.3, -0.25) is 9.59 Å². The molecule has 2 N–H and O–H groups in total. The van der Waals surface area contributed by atoms with Crippen molar-refractivity contribution in [3.63, 3.8) is 0 Å². The summed E-state index contributed by atoms with van der Waals surface area (Å²) < 4.78 is 6.04. The van der Waals surface area contributed by atoms with Crippen LogP contribution in [0.3, 0.4) is 0 Å². The Labute approximate surface area is 144 Å². The number of hydrogen-bond donors (Lipinski definition) is 2. The Morgan fingerprint density at radius 3 is 2.61 bits per heavy atom. The van der Waals surface area contributed by atoms with Crippen LogP contribution < -0.4 is 10.1 Å². The molecule has 0 radical (unpaired) electrons. The van der Waals surface area contributed by atoms with Crippen LogP contribution in [0.15, 0.2) is 22.7 Å². The zero-order chi connectivity index (χ0) is 16.9. The van der Waals surface area contributed by atoms with Gasteiger partial charge in [0.05, 0.1) is 23.5 Å². The summed E-state index contributed by atoms with van der Waals surface area (Å²) in [5.74, 6) is -0.184. The standard InChI is InChI=1S/C17H22BrNO4/c1-23-14-6-4-12(10-13(14)18)5-7-15(20)19-17(11-16(21)22)8-2-3-9-17/h4,6,10H,2-3,5,7-9,11H2,1H3,(H,19,20)(H,21,22). The molecule has 1 aliphatic rings. The van der Waals surface area contributed by atoms with Gasteiger partial charge in [-0.1, -0.05) is 18.9 Å². The van der Waals surface area contributed by atoms with Gasteiger partial charge in [0.25, 0.3) is 0 Å². The minimum atomic E-state index is -0.855. The second-order valence-corrected chi connectivity index (χ2v) is 6.93. The predicted octanol–water partition coefficient (Wildman–Crippen LogP) is 3.29. The third-order valence-corrected chi connectivity index (χ3v) is 4.93. The third-order valence-electron chi connectivity index (χ3n) is 4.31. The fourth-order valence-electron chi connectivity index (χ4n) is 3.17. The molecule has 126 valence electrons. The molecule has 0 unspecified atom stereocenters. The average molecular weight is 384 g/mol.